The van der Waals surface area contributed by atoms with Crippen molar-refractivity contribution in [3.8, 4) is 11.9 Å². The van der Waals surface area contributed by atoms with Crippen molar-refractivity contribution < 1.29 is 14.5 Å². The summed E-state index contributed by atoms with van der Waals surface area (Å²) < 4.78 is 5.85. The zero-order valence-corrected chi connectivity index (χ0v) is 15.4. The number of benzene rings is 1. The van der Waals surface area contributed by atoms with Gasteiger partial charge < -0.3 is 10.1 Å². The summed E-state index contributed by atoms with van der Waals surface area (Å²) in [5.41, 5.74) is 1.12. The van der Waals surface area contributed by atoms with Gasteiger partial charge in [0.25, 0.3) is 11.6 Å². The second-order valence-electron chi connectivity index (χ2n) is 6.77. The lowest BCUT2D eigenvalue weighted by atomic mass is 9.92. The van der Waals surface area contributed by atoms with Crippen LogP contribution in [0.5, 0.6) is 5.88 Å². The van der Waals surface area contributed by atoms with Crippen molar-refractivity contribution >= 4 is 11.6 Å². The SMILES string of the molecule is Cc1c(C(=O)NC2CCC(Oc3ccc(C#N)cn3)CC2)cccc1[N+](=O)[O-]. The van der Waals surface area contributed by atoms with Crippen LogP contribution in [0.15, 0.2) is 36.5 Å². The number of hydrogen-bond donors (Lipinski definition) is 1. The Kier molecular flexibility index (Phi) is 5.84. The second-order valence-corrected chi connectivity index (χ2v) is 6.77. The molecule has 0 atom stereocenters. The molecule has 8 nitrogen and oxygen atoms in total. The number of nitro groups is 1. The number of rotatable bonds is 5. The molecule has 0 aliphatic heterocycles. The van der Waals surface area contributed by atoms with Crippen molar-refractivity contribution in [2.75, 3.05) is 0 Å². The highest BCUT2D eigenvalue weighted by atomic mass is 16.6. The number of nitriles is 1. The number of nitrogens with zero attached hydrogens (tertiary/aromatic N) is 3. The first-order valence-corrected chi connectivity index (χ1v) is 9.05. The molecule has 1 fully saturated rings. The van der Waals surface area contributed by atoms with Crippen molar-refractivity contribution in [1.29, 1.82) is 5.26 Å². The van der Waals surface area contributed by atoms with Crippen LogP contribution in [0, 0.1) is 28.4 Å². The molecule has 0 saturated heterocycles. The van der Waals surface area contributed by atoms with Gasteiger partial charge in [0.15, 0.2) is 0 Å². The Morgan fingerprint density at radius 2 is 2.04 bits per heavy atom. The lowest BCUT2D eigenvalue weighted by Gasteiger charge is -2.29. The molecule has 1 amide bonds. The molecule has 1 aliphatic rings. The molecule has 0 radical (unpaired) electrons. The minimum Gasteiger partial charge on any atom is -0.474 e. The number of hydrogen-bond acceptors (Lipinski definition) is 6. The van der Waals surface area contributed by atoms with Crippen LogP contribution in [-0.4, -0.2) is 28.0 Å². The number of carbonyl (C=O) groups excluding carboxylic acids is 1. The van der Waals surface area contributed by atoms with Gasteiger partial charge in [-0.15, -0.1) is 0 Å². The van der Waals surface area contributed by atoms with E-state index in [4.69, 9.17) is 10.00 Å². The number of nitro benzene ring substituents is 1. The molecule has 1 saturated carbocycles. The number of amides is 1. The van der Waals surface area contributed by atoms with Crippen LogP contribution in [-0.2, 0) is 0 Å². The van der Waals surface area contributed by atoms with Crippen molar-refractivity contribution in [3.63, 3.8) is 0 Å². The van der Waals surface area contributed by atoms with E-state index in [1.54, 1.807) is 25.1 Å². The maximum absolute atomic E-state index is 12.5. The van der Waals surface area contributed by atoms with Crippen LogP contribution in [0.3, 0.4) is 0 Å². The maximum atomic E-state index is 12.5. The van der Waals surface area contributed by atoms with E-state index in [0.717, 1.165) is 25.7 Å². The molecule has 1 aromatic heterocycles. The molecular formula is C20H20N4O4. The van der Waals surface area contributed by atoms with Crippen molar-refractivity contribution in [1.82, 2.24) is 10.3 Å². The third-order valence-corrected chi connectivity index (χ3v) is 4.91. The fraction of sp³-hybridized carbons (Fsp3) is 0.350. The fourth-order valence-corrected chi connectivity index (χ4v) is 3.34. The molecule has 0 spiro atoms. The Morgan fingerprint density at radius 3 is 2.64 bits per heavy atom. The Labute approximate surface area is 162 Å². The topological polar surface area (TPSA) is 118 Å². The number of aromatic nitrogens is 1. The summed E-state index contributed by atoms with van der Waals surface area (Å²) in [5.74, 6) is 0.193. The van der Waals surface area contributed by atoms with E-state index in [9.17, 15) is 14.9 Å². The van der Waals surface area contributed by atoms with Gasteiger partial charge in [0, 0.05) is 35.5 Å². The summed E-state index contributed by atoms with van der Waals surface area (Å²) in [6.07, 6.45) is 4.51. The number of carbonyl (C=O) groups is 1. The Bertz CT molecular complexity index is 913. The first-order valence-electron chi connectivity index (χ1n) is 9.05. The molecule has 3 rings (SSSR count). The van der Waals surface area contributed by atoms with Crippen LogP contribution >= 0.6 is 0 Å². The minimum atomic E-state index is -0.480. The van der Waals surface area contributed by atoms with Gasteiger partial charge >= 0.3 is 0 Å². The number of pyridine rings is 1. The lowest BCUT2D eigenvalue weighted by Crippen LogP contribution is -2.40. The van der Waals surface area contributed by atoms with E-state index in [-0.39, 0.29) is 23.7 Å². The van der Waals surface area contributed by atoms with Gasteiger partial charge in [0.2, 0.25) is 5.88 Å². The van der Waals surface area contributed by atoms with Gasteiger partial charge in [-0.1, -0.05) is 6.07 Å². The largest absolute Gasteiger partial charge is 0.474 e. The van der Waals surface area contributed by atoms with E-state index >= 15 is 0 Å². The van der Waals surface area contributed by atoms with Crippen molar-refractivity contribution in [3.05, 3.63) is 63.3 Å². The lowest BCUT2D eigenvalue weighted by molar-refractivity contribution is -0.385. The summed E-state index contributed by atoms with van der Waals surface area (Å²) in [4.78, 5) is 27.2. The quantitative estimate of drug-likeness (QED) is 0.628. The third-order valence-electron chi connectivity index (χ3n) is 4.91. The predicted molar refractivity (Wildman–Crippen MR) is 101 cm³/mol. The summed E-state index contributed by atoms with van der Waals surface area (Å²) >= 11 is 0. The van der Waals surface area contributed by atoms with Crippen LogP contribution in [0.1, 0.15) is 47.2 Å². The Morgan fingerprint density at radius 1 is 1.29 bits per heavy atom. The highest BCUT2D eigenvalue weighted by Crippen LogP contribution is 2.25. The minimum absolute atomic E-state index is 0.0000589. The van der Waals surface area contributed by atoms with Crippen LogP contribution in [0.2, 0.25) is 0 Å². The molecule has 28 heavy (non-hydrogen) atoms. The van der Waals surface area contributed by atoms with Gasteiger partial charge in [-0.25, -0.2) is 4.98 Å². The summed E-state index contributed by atoms with van der Waals surface area (Å²) in [7, 11) is 0. The highest BCUT2D eigenvalue weighted by Gasteiger charge is 2.25. The molecule has 1 N–H and O–H groups in total. The van der Waals surface area contributed by atoms with Crippen LogP contribution in [0.25, 0.3) is 0 Å². The molecular weight excluding hydrogens is 360 g/mol. The zero-order chi connectivity index (χ0) is 20.1. The second kappa shape index (κ2) is 8.48. The molecule has 144 valence electrons. The molecule has 0 unspecified atom stereocenters. The molecule has 2 aromatic rings. The normalized spacial score (nSPS) is 18.7. The van der Waals surface area contributed by atoms with Crippen LogP contribution < -0.4 is 10.1 Å². The first-order chi connectivity index (χ1) is 13.5. The summed E-state index contributed by atoms with van der Waals surface area (Å²) in [6, 6.07) is 9.87. The standard InChI is InChI=1S/C20H20N4O4/c1-13-17(3-2-4-18(13)24(26)27)20(25)23-15-6-8-16(9-7-15)28-19-10-5-14(11-21)12-22-19/h2-5,10,12,15-16H,6-9H2,1H3,(H,23,25). The highest BCUT2D eigenvalue weighted by molar-refractivity contribution is 5.96. The Hall–Kier alpha value is -3.47. The van der Waals surface area contributed by atoms with E-state index in [0.29, 0.717) is 22.6 Å². The van der Waals surface area contributed by atoms with Gasteiger partial charge in [0.1, 0.15) is 12.2 Å². The molecule has 1 aromatic carbocycles. The molecule has 1 aliphatic carbocycles. The van der Waals surface area contributed by atoms with Gasteiger partial charge in [-0.2, -0.15) is 5.26 Å². The van der Waals surface area contributed by atoms with Gasteiger partial charge in [-0.05, 0) is 44.7 Å². The van der Waals surface area contributed by atoms with E-state index in [1.165, 1.54) is 18.3 Å². The average molecular weight is 380 g/mol. The van der Waals surface area contributed by atoms with Crippen molar-refractivity contribution in [2.45, 2.75) is 44.8 Å². The molecule has 1 heterocycles. The van der Waals surface area contributed by atoms with Crippen molar-refractivity contribution in [2.24, 2.45) is 0 Å². The zero-order valence-electron chi connectivity index (χ0n) is 15.4. The number of nitrogens with one attached hydrogen (secondary N) is 1. The van der Waals surface area contributed by atoms with E-state index < -0.39 is 4.92 Å². The van der Waals surface area contributed by atoms with Crippen LogP contribution in [0.4, 0.5) is 5.69 Å². The summed E-state index contributed by atoms with van der Waals surface area (Å²) in [6.45, 7) is 1.59. The van der Waals surface area contributed by atoms with E-state index in [1.807, 2.05) is 6.07 Å². The molecule has 0 bridgehead atoms. The monoisotopic (exact) mass is 380 g/mol. The summed E-state index contributed by atoms with van der Waals surface area (Å²) in [5, 5.41) is 22.8. The maximum Gasteiger partial charge on any atom is 0.273 e. The Balaban J connectivity index is 1.54. The first kappa shape index (κ1) is 19.3. The third kappa shape index (κ3) is 4.43. The smallest absolute Gasteiger partial charge is 0.273 e. The average Bonchev–Trinajstić information content (AvgIpc) is 2.70. The fourth-order valence-electron chi connectivity index (χ4n) is 3.34. The van der Waals surface area contributed by atoms with Gasteiger partial charge in [-0.3, -0.25) is 14.9 Å². The van der Waals surface area contributed by atoms with E-state index in [2.05, 4.69) is 10.3 Å². The predicted octanol–water partition coefficient (Wildman–Crippen LogP) is 3.29. The molecule has 8 heteroatoms. The van der Waals surface area contributed by atoms with Gasteiger partial charge in [0.05, 0.1) is 10.5 Å². The number of ether oxygens (including phenoxy) is 1.